The molecular weight excluding hydrogens is 288 g/mol. The molecule has 0 N–H and O–H groups in total. The lowest BCUT2D eigenvalue weighted by molar-refractivity contribution is -0.144. The van der Waals surface area contributed by atoms with Crippen LogP contribution in [0.25, 0.3) is 0 Å². The molecule has 1 aromatic rings. The first-order chi connectivity index (χ1) is 11.1. The van der Waals surface area contributed by atoms with E-state index in [-0.39, 0.29) is 17.4 Å². The summed E-state index contributed by atoms with van der Waals surface area (Å²) in [5.41, 5.74) is 1.67. The zero-order valence-electron chi connectivity index (χ0n) is 14.2. The van der Waals surface area contributed by atoms with Crippen LogP contribution in [-0.2, 0) is 4.79 Å². The summed E-state index contributed by atoms with van der Waals surface area (Å²) in [5.74, 6) is 0.361. The topological polar surface area (TPSA) is 40.6 Å². The number of nitrogens with zero attached hydrogens (tertiary/aromatic N) is 2. The van der Waals surface area contributed by atoms with E-state index in [1.54, 1.807) is 0 Å². The molecule has 0 saturated carbocycles. The van der Waals surface area contributed by atoms with Crippen LogP contribution in [0.5, 0.6) is 0 Å². The number of amides is 2. The van der Waals surface area contributed by atoms with Crippen molar-refractivity contribution in [2.24, 2.45) is 0 Å². The van der Waals surface area contributed by atoms with Crippen LogP contribution < -0.4 is 0 Å². The number of carbonyl (C=O) groups excluding carboxylic acids is 2. The molecule has 2 saturated heterocycles. The van der Waals surface area contributed by atoms with Crippen LogP contribution in [0.3, 0.4) is 0 Å². The van der Waals surface area contributed by atoms with Gasteiger partial charge < -0.3 is 9.80 Å². The van der Waals surface area contributed by atoms with Gasteiger partial charge in [-0.15, -0.1) is 0 Å². The number of likely N-dealkylation sites (N-methyl/N-ethyl adjacent to an activating group) is 1. The Kier molecular flexibility index (Phi) is 4.42. The summed E-state index contributed by atoms with van der Waals surface area (Å²) in [7, 11) is 0. The van der Waals surface area contributed by atoms with Crippen LogP contribution in [0.1, 0.15) is 54.9 Å². The summed E-state index contributed by atoms with van der Waals surface area (Å²) < 4.78 is 0. The smallest absolute Gasteiger partial charge is 0.254 e. The lowest BCUT2D eigenvalue weighted by atomic mass is 9.79. The van der Waals surface area contributed by atoms with Crippen molar-refractivity contribution in [3.63, 3.8) is 0 Å². The minimum atomic E-state index is -0.138. The Labute approximate surface area is 138 Å². The SMILES string of the molecule is CCN1C(=O)CCCC12CCCN(C(=O)c1ccccc1C)C2. The number of carbonyl (C=O) groups is 2. The maximum atomic E-state index is 12.9. The number of aryl methyl sites for hydroxylation is 1. The number of piperidine rings is 2. The maximum absolute atomic E-state index is 12.9. The molecule has 0 aromatic heterocycles. The second-order valence-corrected chi connectivity index (χ2v) is 6.86. The quantitative estimate of drug-likeness (QED) is 0.842. The summed E-state index contributed by atoms with van der Waals surface area (Å²) in [4.78, 5) is 29.3. The van der Waals surface area contributed by atoms with Gasteiger partial charge in [-0.2, -0.15) is 0 Å². The van der Waals surface area contributed by atoms with Crippen LogP contribution in [0, 0.1) is 6.92 Å². The molecule has 4 nitrogen and oxygen atoms in total. The van der Waals surface area contributed by atoms with E-state index in [1.807, 2.05) is 47.9 Å². The fourth-order valence-electron chi connectivity index (χ4n) is 4.31. The molecule has 0 aliphatic carbocycles. The molecule has 0 bridgehead atoms. The average molecular weight is 314 g/mol. The Morgan fingerprint density at radius 2 is 1.96 bits per heavy atom. The number of hydrogen-bond donors (Lipinski definition) is 0. The monoisotopic (exact) mass is 314 g/mol. The second kappa shape index (κ2) is 6.34. The third-order valence-electron chi connectivity index (χ3n) is 5.44. The van der Waals surface area contributed by atoms with Gasteiger partial charge in [0, 0.05) is 31.6 Å². The van der Waals surface area contributed by atoms with Gasteiger partial charge in [-0.1, -0.05) is 18.2 Å². The van der Waals surface area contributed by atoms with Crippen LogP contribution in [0.4, 0.5) is 0 Å². The molecule has 124 valence electrons. The molecule has 23 heavy (non-hydrogen) atoms. The van der Waals surface area contributed by atoms with E-state index in [4.69, 9.17) is 0 Å². The number of hydrogen-bond acceptors (Lipinski definition) is 2. The largest absolute Gasteiger partial charge is 0.336 e. The zero-order valence-corrected chi connectivity index (χ0v) is 14.2. The Morgan fingerprint density at radius 1 is 1.22 bits per heavy atom. The fourth-order valence-corrected chi connectivity index (χ4v) is 4.31. The van der Waals surface area contributed by atoms with Crippen molar-refractivity contribution < 1.29 is 9.59 Å². The Bertz CT molecular complexity index is 609. The molecule has 2 heterocycles. The van der Waals surface area contributed by atoms with E-state index in [9.17, 15) is 9.59 Å². The average Bonchev–Trinajstić information content (AvgIpc) is 2.55. The molecule has 1 spiro atoms. The normalized spacial score (nSPS) is 25.0. The number of benzene rings is 1. The molecule has 1 unspecified atom stereocenters. The van der Waals surface area contributed by atoms with Crippen LogP contribution in [0.2, 0.25) is 0 Å². The zero-order chi connectivity index (χ0) is 16.4. The maximum Gasteiger partial charge on any atom is 0.254 e. The van der Waals surface area contributed by atoms with E-state index in [2.05, 4.69) is 0 Å². The molecule has 3 rings (SSSR count). The van der Waals surface area contributed by atoms with E-state index >= 15 is 0 Å². The van der Waals surface area contributed by atoms with E-state index in [0.717, 1.165) is 49.9 Å². The molecule has 2 aliphatic rings. The van der Waals surface area contributed by atoms with Crippen LogP contribution in [-0.4, -0.2) is 46.8 Å². The first kappa shape index (κ1) is 16.0. The molecular formula is C19H26N2O2. The summed E-state index contributed by atoms with van der Waals surface area (Å²) in [5, 5.41) is 0. The highest BCUT2D eigenvalue weighted by atomic mass is 16.2. The number of likely N-dealkylation sites (tertiary alicyclic amines) is 2. The summed E-state index contributed by atoms with van der Waals surface area (Å²) in [6.07, 6.45) is 4.61. The van der Waals surface area contributed by atoms with Gasteiger partial charge in [0.25, 0.3) is 5.91 Å². The highest BCUT2D eigenvalue weighted by Gasteiger charge is 2.45. The van der Waals surface area contributed by atoms with Gasteiger partial charge in [-0.25, -0.2) is 0 Å². The number of rotatable bonds is 2. The first-order valence-corrected chi connectivity index (χ1v) is 8.73. The summed E-state index contributed by atoms with van der Waals surface area (Å²) >= 11 is 0. The van der Waals surface area contributed by atoms with Gasteiger partial charge >= 0.3 is 0 Å². The lowest BCUT2D eigenvalue weighted by Gasteiger charge is -2.52. The minimum Gasteiger partial charge on any atom is -0.336 e. The predicted octanol–water partition coefficient (Wildman–Crippen LogP) is 3.00. The predicted molar refractivity (Wildman–Crippen MR) is 90.3 cm³/mol. The van der Waals surface area contributed by atoms with Gasteiger partial charge in [0.1, 0.15) is 0 Å². The van der Waals surface area contributed by atoms with Gasteiger partial charge in [-0.3, -0.25) is 9.59 Å². The Balaban J connectivity index is 1.84. The molecule has 2 amide bonds. The Morgan fingerprint density at radius 3 is 2.70 bits per heavy atom. The Hall–Kier alpha value is -1.84. The van der Waals surface area contributed by atoms with Crippen molar-refractivity contribution in [2.75, 3.05) is 19.6 Å². The molecule has 2 aliphatic heterocycles. The van der Waals surface area contributed by atoms with Crippen LogP contribution >= 0.6 is 0 Å². The third kappa shape index (κ3) is 2.87. The van der Waals surface area contributed by atoms with Crippen molar-refractivity contribution in [1.82, 2.24) is 9.80 Å². The van der Waals surface area contributed by atoms with Gasteiger partial charge in [0.15, 0.2) is 0 Å². The van der Waals surface area contributed by atoms with E-state index in [1.165, 1.54) is 0 Å². The van der Waals surface area contributed by atoms with Gasteiger partial charge in [-0.05, 0) is 51.2 Å². The van der Waals surface area contributed by atoms with E-state index in [0.29, 0.717) is 13.0 Å². The highest BCUT2D eigenvalue weighted by molar-refractivity contribution is 5.95. The standard InChI is InChI=1S/C19H26N2O2/c1-3-21-17(22)10-6-11-19(21)12-7-13-20(14-19)18(23)16-9-5-4-8-15(16)2/h4-5,8-9H,3,6-7,10-14H2,1-2H3. The van der Waals surface area contributed by atoms with Crippen LogP contribution in [0.15, 0.2) is 24.3 Å². The highest BCUT2D eigenvalue weighted by Crippen LogP contribution is 2.37. The van der Waals surface area contributed by atoms with Gasteiger partial charge in [0.05, 0.1) is 5.54 Å². The molecule has 1 atom stereocenters. The van der Waals surface area contributed by atoms with Crippen molar-refractivity contribution in [2.45, 2.75) is 51.5 Å². The summed E-state index contributed by atoms with van der Waals surface area (Å²) in [6.45, 7) is 6.24. The molecule has 4 heteroatoms. The van der Waals surface area contributed by atoms with E-state index < -0.39 is 0 Å². The molecule has 2 fully saturated rings. The first-order valence-electron chi connectivity index (χ1n) is 8.73. The van der Waals surface area contributed by atoms with Gasteiger partial charge in [0.2, 0.25) is 5.91 Å². The molecule has 0 radical (unpaired) electrons. The third-order valence-corrected chi connectivity index (χ3v) is 5.44. The fraction of sp³-hybridized carbons (Fsp3) is 0.579. The van der Waals surface area contributed by atoms with Crippen molar-refractivity contribution in [1.29, 1.82) is 0 Å². The lowest BCUT2D eigenvalue weighted by Crippen LogP contribution is -2.63. The minimum absolute atomic E-state index is 0.108. The summed E-state index contributed by atoms with van der Waals surface area (Å²) in [6, 6.07) is 7.77. The molecule has 1 aromatic carbocycles. The van der Waals surface area contributed by atoms with Crippen molar-refractivity contribution >= 4 is 11.8 Å². The van der Waals surface area contributed by atoms with Crippen molar-refractivity contribution in [3.05, 3.63) is 35.4 Å². The second-order valence-electron chi connectivity index (χ2n) is 6.86. The van der Waals surface area contributed by atoms with Crippen molar-refractivity contribution in [3.8, 4) is 0 Å².